The maximum absolute atomic E-state index is 12.2. The summed E-state index contributed by atoms with van der Waals surface area (Å²) < 4.78 is 5.16. The normalized spacial score (nSPS) is 12.4. The maximum Gasteiger partial charge on any atom is 0.263 e. The Kier molecular flexibility index (Phi) is 3.99. The van der Waals surface area contributed by atoms with Crippen LogP contribution in [0.2, 0.25) is 0 Å². The molecule has 0 bridgehead atoms. The average Bonchev–Trinajstić information content (AvgIpc) is 2.94. The summed E-state index contributed by atoms with van der Waals surface area (Å²) in [7, 11) is 0. The largest absolute Gasteiger partial charge is 0.361 e. The van der Waals surface area contributed by atoms with Gasteiger partial charge in [-0.25, -0.2) is 4.98 Å². The third-order valence-corrected chi connectivity index (χ3v) is 3.91. The van der Waals surface area contributed by atoms with Crippen molar-refractivity contribution >= 4 is 17.2 Å². The van der Waals surface area contributed by atoms with Gasteiger partial charge in [-0.2, -0.15) is 0 Å². The minimum absolute atomic E-state index is 0.0823. The van der Waals surface area contributed by atoms with Gasteiger partial charge in [0.15, 0.2) is 0 Å². The van der Waals surface area contributed by atoms with Gasteiger partial charge in [-0.1, -0.05) is 12.1 Å². The van der Waals surface area contributed by atoms with Gasteiger partial charge < -0.3 is 9.84 Å². The molecular weight excluding hydrogens is 262 g/mol. The summed E-state index contributed by atoms with van der Waals surface area (Å²) in [6.45, 7) is 7.65. The number of hydrogen-bond acceptors (Lipinski definition) is 5. The lowest BCUT2D eigenvalue weighted by molar-refractivity contribution is 0.0939. The third kappa shape index (κ3) is 2.84. The van der Waals surface area contributed by atoms with Gasteiger partial charge in [-0.05, 0) is 27.2 Å². The predicted molar refractivity (Wildman–Crippen MR) is 73.3 cm³/mol. The second-order valence-electron chi connectivity index (χ2n) is 4.42. The van der Waals surface area contributed by atoms with Crippen LogP contribution < -0.4 is 5.32 Å². The van der Waals surface area contributed by atoms with Crippen LogP contribution in [0.15, 0.2) is 10.7 Å². The van der Waals surface area contributed by atoms with Crippen LogP contribution in [0.1, 0.15) is 51.1 Å². The number of thiazole rings is 1. The highest BCUT2D eigenvalue weighted by molar-refractivity contribution is 7.13. The zero-order valence-corrected chi connectivity index (χ0v) is 12.3. The van der Waals surface area contributed by atoms with Crippen LogP contribution in [0.3, 0.4) is 0 Å². The fourth-order valence-corrected chi connectivity index (χ4v) is 2.74. The highest BCUT2D eigenvalue weighted by atomic mass is 32.1. The first-order valence-corrected chi connectivity index (χ1v) is 7.00. The molecule has 0 fully saturated rings. The molecule has 5 nitrogen and oxygen atoms in total. The number of hydrogen-bond donors (Lipinski definition) is 1. The van der Waals surface area contributed by atoms with Crippen molar-refractivity contribution in [3.8, 4) is 0 Å². The van der Waals surface area contributed by atoms with Crippen LogP contribution in [0.25, 0.3) is 0 Å². The van der Waals surface area contributed by atoms with Gasteiger partial charge >= 0.3 is 0 Å². The number of nitrogens with zero attached hydrogens (tertiary/aromatic N) is 2. The van der Waals surface area contributed by atoms with E-state index in [1.807, 2.05) is 27.7 Å². The average molecular weight is 279 g/mol. The smallest absolute Gasteiger partial charge is 0.263 e. The zero-order chi connectivity index (χ0) is 14.0. The molecule has 6 heteroatoms. The van der Waals surface area contributed by atoms with Crippen LogP contribution in [0, 0.1) is 20.8 Å². The Morgan fingerprint density at radius 1 is 1.47 bits per heavy atom. The Balaban J connectivity index is 2.18. The van der Waals surface area contributed by atoms with E-state index >= 15 is 0 Å². The molecule has 2 rings (SSSR count). The summed E-state index contributed by atoms with van der Waals surface area (Å²) in [6.07, 6.45) is 2.39. The first kappa shape index (κ1) is 13.7. The first-order chi connectivity index (χ1) is 9.02. The van der Waals surface area contributed by atoms with E-state index in [9.17, 15) is 4.79 Å². The molecule has 0 aliphatic carbocycles. The topological polar surface area (TPSA) is 68.0 Å². The van der Waals surface area contributed by atoms with Gasteiger partial charge in [-0.3, -0.25) is 4.79 Å². The van der Waals surface area contributed by atoms with E-state index < -0.39 is 0 Å². The van der Waals surface area contributed by atoms with Crippen molar-refractivity contribution in [2.24, 2.45) is 0 Å². The highest BCUT2D eigenvalue weighted by Gasteiger charge is 2.22. The summed E-state index contributed by atoms with van der Waals surface area (Å²) in [4.78, 5) is 16.9. The molecule has 1 unspecified atom stereocenters. The SMILES string of the molecule is CCC(NC(=O)c1cnc(C)s1)c1c(C)noc1C. The number of aromatic nitrogens is 2. The number of aryl methyl sites for hydroxylation is 3. The quantitative estimate of drug-likeness (QED) is 0.934. The lowest BCUT2D eigenvalue weighted by Gasteiger charge is -2.16. The molecule has 1 N–H and O–H groups in total. The van der Waals surface area contributed by atoms with Crippen molar-refractivity contribution in [3.05, 3.63) is 33.1 Å². The molecule has 0 spiro atoms. The van der Waals surface area contributed by atoms with E-state index in [1.165, 1.54) is 11.3 Å². The van der Waals surface area contributed by atoms with Crippen molar-refractivity contribution in [2.75, 3.05) is 0 Å². The molecule has 0 saturated carbocycles. The number of rotatable bonds is 4. The van der Waals surface area contributed by atoms with Crippen LogP contribution in [-0.4, -0.2) is 16.0 Å². The Morgan fingerprint density at radius 3 is 2.68 bits per heavy atom. The van der Waals surface area contributed by atoms with E-state index in [2.05, 4.69) is 15.5 Å². The number of amides is 1. The van der Waals surface area contributed by atoms with Gasteiger partial charge in [0.1, 0.15) is 10.6 Å². The van der Waals surface area contributed by atoms with E-state index in [0.29, 0.717) is 4.88 Å². The minimum Gasteiger partial charge on any atom is -0.361 e. The fraction of sp³-hybridized carbons (Fsp3) is 0.462. The molecule has 0 aromatic carbocycles. The molecule has 2 aromatic heterocycles. The molecule has 0 radical (unpaired) electrons. The molecular formula is C13H17N3O2S. The molecule has 0 saturated heterocycles. The summed E-state index contributed by atoms with van der Waals surface area (Å²) in [5, 5.41) is 7.83. The third-order valence-electron chi connectivity index (χ3n) is 3.00. The van der Waals surface area contributed by atoms with Crippen molar-refractivity contribution in [1.29, 1.82) is 0 Å². The second kappa shape index (κ2) is 5.52. The molecule has 1 atom stereocenters. The van der Waals surface area contributed by atoms with Crippen molar-refractivity contribution < 1.29 is 9.32 Å². The molecule has 2 heterocycles. The number of carbonyl (C=O) groups excluding carboxylic acids is 1. The molecule has 0 aliphatic rings. The summed E-state index contributed by atoms with van der Waals surface area (Å²) in [5.41, 5.74) is 1.79. The van der Waals surface area contributed by atoms with E-state index in [0.717, 1.165) is 28.4 Å². The summed E-state index contributed by atoms with van der Waals surface area (Å²) in [5.74, 6) is 0.655. The highest BCUT2D eigenvalue weighted by Crippen LogP contribution is 2.24. The maximum atomic E-state index is 12.2. The molecule has 1 amide bonds. The van der Waals surface area contributed by atoms with Crippen LogP contribution in [0.4, 0.5) is 0 Å². The summed E-state index contributed by atoms with van der Waals surface area (Å²) in [6, 6.07) is -0.0823. The first-order valence-electron chi connectivity index (χ1n) is 6.19. The van der Waals surface area contributed by atoms with Crippen molar-refractivity contribution in [2.45, 2.75) is 40.2 Å². The second-order valence-corrected chi connectivity index (χ2v) is 5.65. The Hall–Kier alpha value is -1.69. The predicted octanol–water partition coefficient (Wildman–Crippen LogP) is 2.94. The molecule has 0 aliphatic heterocycles. The minimum atomic E-state index is -0.0996. The molecule has 102 valence electrons. The van der Waals surface area contributed by atoms with Gasteiger partial charge in [0.05, 0.1) is 22.9 Å². The monoisotopic (exact) mass is 279 g/mol. The van der Waals surface area contributed by atoms with E-state index in [-0.39, 0.29) is 11.9 Å². The Bertz CT molecular complexity index is 569. The van der Waals surface area contributed by atoms with Gasteiger partial charge in [0.25, 0.3) is 5.91 Å². The molecule has 19 heavy (non-hydrogen) atoms. The number of nitrogens with one attached hydrogen (secondary N) is 1. The zero-order valence-electron chi connectivity index (χ0n) is 11.5. The lowest BCUT2D eigenvalue weighted by Crippen LogP contribution is -2.28. The van der Waals surface area contributed by atoms with Crippen LogP contribution >= 0.6 is 11.3 Å². The van der Waals surface area contributed by atoms with E-state index in [4.69, 9.17) is 4.52 Å². The van der Waals surface area contributed by atoms with Crippen LogP contribution in [-0.2, 0) is 0 Å². The Labute approximate surface area is 116 Å². The van der Waals surface area contributed by atoms with Gasteiger partial charge in [0.2, 0.25) is 0 Å². The van der Waals surface area contributed by atoms with Crippen molar-refractivity contribution in [3.63, 3.8) is 0 Å². The van der Waals surface area contributed by atoms with Crippen LogP contribution in [0.5, 0.6) is 0 Å². The standard InChI is InChI=1S/C13H17N3O2S/c1-5-10(12-7(2)16-18-8(12)3)15-13(17)11-6-14-9(4)19-11/h6,10H,5H2,1-4H3,(H,15,17). The van der Waals surface area contributed by atoms with E-state index in [1.54, 1.807) is 6.20 Å². The lowest BCUT2D eigenvalue weighted by atomic mass is 10.0. The van der Waals surface area contributed by atoms with Gasteiger partial charge in [0, 0.05) is 5.56 Å². The summed E-state index contributed by atoms with van der Waals surface area (Å²) >= 11 is 1.39. The molecule has 2 aromatic rings. The van der Waals surface area contributed by atoms with Gasteiger partial charge in [-0.15, -0.1) is 11.3 Å². The fourth-order valence-electron chi connectivity index (χ4n) is 2.06. The van der Waals surface area contributed by atoms with Crippen molar-refractivity contribution in [1.82, 2.24) is 15.5 Å². The number of carbonyl (C=O) groups is 1. The Morgan fingerprint density at radius 2 is 2.21 bits per heavy atom.